The molecular weight excluding hydrogens is 529 g/mol. The van der Waals surface area contributed by atoms with E-state index in [9.17, 15) is 13.6 Å². The summed E-state index contributed by atoms with van der Waals surface area (Å²) in [4.78, 5) is 25.1. The molecule has 9 heteroatoms. The van der Waals surface area contributed by atoms with Crippen molar-refractivity contribution in [1.29, 1.82) is 0 Å². The van der Waals surface area contributed by atoms with Gasteiger partial charge in [0.15, 0.2) is 0 Å². The highest BCUT2D eigenvalue weighted by atomic mass is 127. The number of rotatable bonds is 3. The Morgan fingerprint density at radius 1 is 1.12 bits per heavy atom. The van der Waals surface area contributed by atoms with Crippen molar-refractivity contribution in [2.75, 3.05) is 5.73 Å². The van der Waals surface area contributed by atoms with Crippen molar-refractivity contribution >= 4 is 50.3 Å². The molecule has 5 aromatic rings. The molecule has 3 N–H and O–H groups in total. The lowest BCUT2D eigenvalue weighted by atomic mass is 9.93. The van der Waals surface area contributed by atoms with E-state index in [0.717, 1.165) is 9.77 Å². The molecule has 0 aliphatic carbocycles. The number of H-pyrrole nitrogens is 1. The molecule has 5 rings (SSSR count). The van der Waals surface area contributed by atoms with Crippen LogP contribution in [0.15, 0.2) is 58.0 Å². The minimum Gasteiger partial charge on any atom is -0.459 e. The Hall–Kier alpha value is -3.34. The van der Waals surface area contributed by atoms with Crippen LogP contribution in [0.1, 0.15) is 24.3 Å². The minimum absolute atomic E-state index is 0.0812. The van der Waals surface area contributed by atoms with Gasteiger partial charge in [0.05, 0.1) is 37.2 Å². The van der Waals surface area contributed by atoms with E-state index in [4.69, 9.17) is 10.2 Å². The molecule has 0 aliphatic heterocycles. The fourth-order valence-electron chi connectivity index (χ4n) is 3.91. The number of aromatic nitrogens is 3. The molecule has 1 atom stereocenters. The van der Waals surface area contributed by atoms with Gasteiger partial charge in [0.2, 0.25) is 5.43 Å². The molecule has 0 saturated carbocycles. The summed E-state index contributed by atoms with van der Waals surface area (Å²) in [6.07, 6.45) is 1.37. The maximum atomic E-state index is 14.0. The number of fused-ring (bicyclic) bond motifs is 2. The molecule has 0 amide bonds. The van der Waals surface area contributed by atoms with E-state index in [1.165, 1.54) is 36.7 Å². The van der Waals surface area contributed by atoms with Crippen molar-refractivity contribution in [1.82, 2.24) is 15.0 Å². The zero-order valence-corrected chi connectivity index (χ0v) is 18.8. The lowest BCUT2D eigenvalue weighted by molar-refractivity contribution is 0.518. The number of nitrogens with zero attached hydrogens (tertiary/aromatic N) is 2. The predicted octanol–water partition coefficient (Wildman–Crippen LogP) is 5.35. The monoisotopic (exact) mass is 544 g/mol. The molecule has 0 fully saturated rings. The molecular formula is C23H15F2IN4O2. The fraction of sp³-hybridized carbons (Fsp3) is 0.0870. The van der Waals surface area contributed by atoms with E-state index in [2.05, 4.69) is 37.5 Å². The summed E-state index contributed by atoms with van der Waals surface area (Å²) in [7, 11) is 0. The quantitative estimate of drug-likeness (QED) is 0.299. The molecule has 0 radical (unpaired) electrons. The molecule has 3 heterocycles. The average Bonchev–Trinajstić information content (AvgIpc) is 3.11. The number of benzene rings is 2. The molecule has 0 bridgehead atoms. The van der Waals surface area contributed by atoms with Gasteiger partial charge in [-0.15, -0.1) is 0 Å². The lowest BCUT2D eigenvalue weighted by Crippen LogP contribution is -2.12. The van der Waals surface area contributed by atoms with E-state index in [1.807, 2.05) is 6.92 Å². The SMILES string of the molecule is CC(c1oc2ccc(F)cc2c(=O)c1-c1cccc(F)c1)c1[nH]c(I)c2c(N)ncnc12. The smallest absolute Gasteiger partial charge is 0.200 e. The molecule has 3 aromatic heterocycles. The van der Waals surface area contributed by atoms with Crippen LogP contribution >= 0.6 is 22.6 Å². The van der Waals surface area contributed by atoms with E-state index >= 15 is 0 Å². The van der Waals surface area contributed by atoms with E-state index in [-0.39, 0.29) is 16.5 Å². The average molecular weight is 544 g/mol. The van der Waals surface area contributed by atoms with Crippen LogP contribution in [-0.2, 0) is 0 Å². The molecule has 6 nitrogen and oxygen atoms in total. The molecule has 0 saturated heterocycles. The Morgan fingerprint density at radius 2 is 1.91 bits per heavy atom. The lowest BCUT2D eigenvalue weighted by Gasteiger charge is -2.16. The van der Waals surface area contributed by atoms with Crippen LogP contribution in [-0.4, -0.2) is 15.0 Å². The third-order valence-electron chi connectivity index (χ3n) is 5.41. The number of nitrogens with two attached hydrogens (primary N) is 1. The van der Waals surface area contributed by atoms with Crippen LogP contribution in [0.5, 0.6) is 0 Å². The topological polar surface area (TPSA) is 97.8 Å². The Labute approximate surface area is 193 Å². The summed E-state index contributed by atoms with van der Waals surface area (Å²) in [6, 6.07) is 9.43. The second-order valence-electron chi connectivity index (χ2n) is 7.38. The van der Waals surface area contributed by atoms with Gasteiger partial charge in [0.1, 0.15) is 35.1 Å². The van der Waals surface area contributed by atoms with Crippen molar-refractivity contribution in [3.63, 3.8) is 0 Å². The van der Waals surface area contributed by atoms with E-state index in [0.29, 0.717) is 33.7 Å². The van der Waals surface area contributed by atoms with E-state index < -0.39 is 23.0 Å². The summed E-state index contributed by atoms with van der Waals surface area (Å²) in [6.45, 7) is 1.84. The minimum atomic E-state index is -0.562. The first-order valence-corrected chi connectivity index (χ1v) is 10.7. The Bertz CT molecular complexity index is 1580. The second kappa shape index (κ2) is 7.66. The fourth-order valence-corrected chi connectivity index (χ4v) is 4.73. The highest BCUT2D eigenvalue weighted by Gasteiger charge is 2.26. The van der Waals surface area contributed by atoms with Gasteiger partial charge in [-0.2, -0.15) is 0 Å². The zero-order valence-electron chi connectivity index (χ0n) is 16.6. The van der Waals surface area contributed by atoms with Crippen molar-refractivity contribution in [2.45, 2.75) is 12.8 Å². The summed E-state index contributed by atoms with van der Waals surface area (Å²) >= 11 is 2.11. The normalized spacial score (nSPS) is 12.5. The first kappa shape index (κ1) is 20.6. The van der Waals surface area contributed by atoms with Crippen LogP contribution in [0, 0.1) is 15.3 Å². The molecule has 160 valence electrons. The summed E-state index contributed by atoms with van der Waals surface area (Å²) in [5.74, 6) is -0.921. The first-order valence-electron chi connectivity index (χ1n) is 9.65. The molecule has 32 heavy (non-hydrogen) atoms. The number of halogens is 3. The van der Waals surface area contributed by atoms with Gasteiger partial charge < -0.3 is 15.1 Å². The van der Waals surface area contributed by atoms with Crippen LogP contribution in [0.4, 0.5) is 14.6 Å². The highest BCUT2D eigenvalue weighted by Crippen LogP contribution is 2.37. The Kier molecular flexibility index (Phi) is 4.92. The third kappa shape index (κ3) is 3.24. The maximum Gasteiger partial charge on any atom is 0.200 e. The Morgan fingerprint density at radius 3 is 2.69 bits per heavy atom. The molecule has 0 spiro atoms. The van der Waals surface area contributed by atoms with Gasteiger partial charge in [0, 0.05) is 0 Å². The van der Waals surface area contributed by atoms with Gasteiger partial charge in [-0.05, 0) is 65.4 Å². The number of hydrogen-bond donors (Lipinski definition) is 2. The van der Waals surface area contributed by atoms with Crippen molar-refractivity contribution in [3.8, 4) is 11.1 Å². The maximum absolute atomic E-state index is 14.0. The van der Waals surface area contributed by atoms with Crippen molar-refractivity contribution in [3.05, 3.63) is 85.8 Å². The molecule has 2 aromatic carbocycles. The van der Waals surface area contributed by atoms with Crippen LogP contribution in [0.25, 0.3) is 33.0 Å². The number of nitrogen functional groups attached to an aromatic ring is 1. The highest BCUT2D eigenvalue weighted by molar-refractivity contribution is 14.1. The van der Waals surface area contributed by atoms with Crippen molar-refractivity contribution < 1.29 is 13.2 Å². The summed E-state index contributed by atoms with van der Waals surface area (Å²) < 4.78 is 34.8. The predicted molar refractivity (Wildman–Crippen MR) is 126 cm³/mol. The van der Waals surface area contributed by atoms with Crippen LogP contribution < -0.4 is 11.2 Å². The first-order chi connectivity index (χ1) is 15.3. The number of aromatic amines is 1. The van der Waals surface area contributed by atoms with Gasteiger partial charge in [-0.1, -0.05) is 12.1 Å². The van der Waals surface area contributed by atoms with Gasteiger partial charge in [0.25, 0.3) is 0 Å². The Balaban J connectivity index is 1.84. The standard InChI is InChI=1S/C23H15F2IN4O2/c1-10(18-19-17(22(26)30-18)23(27)29-9-28-19)21-16(11-3-2-4-12(24)7-11)20(31)14-8-13(25)5-6-15(14)32-21/h2-10,30H,1H3,(H2,27,28,29). The zero-order chi connectivity index (χ0) is 22.6. The van der Waals surface area contributed by atoms with Gasteiger partial charge in [-0.25, -0.2) is 18.7 Å². The summed E-state index contributed by atoms with van der Waals surface area (Å²) in [5, 5.41) is 0.755. The largest absolute Gasteiger partial charge is 0.459 e. The second-order valence-corrected chi connectivity index (χ2v) is 8.46. The number of hydrogen-bond acceptors (Lipinski definition) is 5. The number of nitrogens with one attached hydrogen (secondary N) is 1. The molecule has 0 aliphatic rings. The summed E-state index contributed by atoms with van der Waals surface area (Å²) in [5.41, 5.74) is 7.59. The van der Waals surface area contributed by atoms with E-state index in [1.54, 1.807) is 6.07 Å². The van der Waals surface area contributed by atoms with Gasteiger partial charge >= 0.3 is 0 Å². The van der Waals surface area contributed by atoms with Crippen LogP contribution in [0.3, 0.4) is 0 Å². The van der Waals surface area contributed by atoms with Crippen LogP contribution in [0.2, 0.25) is 0 Å². The van der Waals surface area contributed by atoms with Gasteiger partial charge in [-0.3, -0.25) is 4.79 Å². The molecule has 1 unspecified atom stereocenters. The van der Waals surface area contributed by atoms with Crippen molar-refractivity contribution in [2.24, 2.45) is 0 Å². The third-order valence-corrected chi connectivity index (χ3v) is 6.22. The number of anilines is 1.